The molecule has 0 unspecified atom stereocenters. The van der Waals surface area contributed by atoms with Crippen molar-refractivity contribution < 1.29 is 4.74 Å². The number of pyridine rings is 1. The fourth-order valence-corrected chi connectivity index (χ4v) is 1.69. The van der Waals surface area contributed by atoms with Crippen LogP contribution in [-0.4, -0.2) is 10.9 Å². The molecule has 104 valence electrons. The highest BCUT2D eigenvalue weighted by Gasteiger charge is 2.02. The fourth-order valence-electron chi connectivity index (χ4n) is 1.69. The molecule has 1 aromatic carbocycles. The van der Waals surface area contributed by atoms with Crippen molar-refractivity contribution >= 4 is 5.96 Å². The maximum Gasteiger partial charge on any atom is 0.219 e. The Labute approximate surface area is 118 Å². The lowest BCUT2D eigenvalue weighted by Gasteiger charge is -2.08. The van der Waals surface area contributed by atoms with E-state index in [0.717, 1.165) is 11.3 Å². The van der Waals surface area contributed by atoms with Crippen molar-refractivity contribution in [2.45, 2.75) is 20.4 Å². The van der Waals surface area contributed by atoms with Gasteiger partial charge >= 0.3 is 0 Å². The van der Waals surface area contributed by atoms with Crippen LogP contribution in [0.4, 0.5) is 0 Å². The van der Waals surface area contributed by atoms with Crippen LogP contribution in [0, 0.1) is 13.8 Å². The summed E-state index contributed by atoms with van der Waals surface area (Å²) in [5.41, 5.74) is 14.0. The van der Waals surface area contributed by atoms with Crippen LogP contribution in [0.2, 0.25) is 0 Å². The molecule has 5 nitrogen and oxygen atoms in total. The molecule has 0 bridgehead atoms. The highest BCUT2D eigenvalue weighted by atomic mass is 16.5. The highest BCUT2D eigenvalue weighted by molar-refractivity contribution is 5.75. The first-order valence-electron chi connectivity index (χ1n) is 6.30. The van der Waals surface area contributed by atoms with E-state index in [1.54, 1.807) is 6.20 Å². The van der Waals surface area contributed by atoms with Crippen molar-refractivity contribution in [3.05, 3.63) is 53.2 Å². The smallest absolute Gasteiger partial charge is 0.219 e. The van der Waals surface area contributed by atoms with Gasteiger partial charge in [-0.3, -0.25) is 0 Å². The van der Waals surface area contributed by atoms with Crippen molar-refractivity contribution in [3.63, 3.8) is 0 Å². The molecule has 0 saturated heterocycles. The van der Waals surface area contributed by atoms with Crippen LogP contribution in [0.1, 0.15) is 16.7 Å². The molecular formula is C15H18N4O. The van der Waals surface area contributed by atoms with Crippen molar-refractivity contribution in [1.82, 2.24) is 4.98 Å². The topological polar surface area (TPSA) is 86.5 Å². The average molecular weight is 270 g/mol. The molecule has 0 amide bonds. The lowest BCUT2D eigenvalue weighted by molar-refractivity contribution is 0.461. The summed E-state index contributed by atoms with van der Waals surface area (Å²) in [7, 11) is 0. The lowest BCUT2D eigenvalue weighted by Crippen LogP contribution is -2.22. The Morgan fingerprint density at radius 3 is 2.65 bits per heavy atom. The summed E-state index contributed by atoms with van der Waals surface area (Å²) in [6.45, 7) is 4.52. The van der Waals surface area contributed by atoms with E-state index >= 15 is 0 Å². The second-order valence-corrected chi connectivity index (χ2v) is 4.59. The minimum absolute atomic E-state index is 0.0680. The van der Waals surface area contributed by atoms with Gasteiger partial charge in [-0.05, 0) is 48.7 Å². The van der Waals surface area contributed by atoms with Crippen LogP contribution in [0.25, 0.3) is 0 Å². The number of nitrogens with zero attached hydrogens (tertiary/aromatic N) is 2. The first-order valence-corrected chi connectivity index (χ1v) is 6.30. The molecule has 0 aliphatic rings. The molecule has 0 spiro atoms. The zero-order valence-corrected chi connectivity index (χ0v) is 11.6. The monoisotopic (exact) mass is 270 g/mol. The number of aliphatic imine (C=N–C) groups is 1. The highest BCUT2D eigenvalue weighted by Crippen LogP contribution is 2.22. The molecule has 1 aromatic heterocycles. The fraction of sp³-hybridized carbons (Fsp3) is 0.200. The Morgan fingerprint density at radius 1 is 1.15 bits per heavy atom. The van der Waals surface area contributed by atoms with Gasteiger partial charge < -0.3 is 16.2 Å². The first-order chi connectivity index (χ1) is 9.54. The van der Waals surface area contributed by atoms with E-state index in [4.69, 9.17) is 16.2 Å². The molecule has 0 fully saturated rings. The number of hydrogen-bond acceptors (Lipinski definition) is 3. The predicted octanol–water partition coefficient (Wildman–Crippen LogP) is 2.26. The molecule has 1 heterocycles. The third kappa shape index (κ3) is 3.71. The standard InChI is InChI=1S/C15H18N4O/c1-10-3-4-13(7-11(10)2)20-14-8-12(5-6-18-14)9-19-15(16)17/h3-8H,9H2,1-2H3,(H4,16,17,19). The van der Waals surface area contributed by atoms with Crippen LogP contribution in [0.3, 0.4) is 0 Å². The van der Waals surface area contributed by atoms with Gasteiger partial charge in [-0.25, -0.2) is 9.98 Å². The lowest BCUT2D eigenvalue weighted by atomic mass is 10.1. The molecule has 0 aliphatic heterocycles. The molecule has 0 aliphatic carbocycles. The van der Waals surface area contributed by atoms with Gasteiger partial charge in [0.15, 0.2) is 5.96 Å². The number of benzene rings is 1. The van der Waals surface area contributed by atoms with E-state index in [2.05, 4.69) is 16.9 Å². The third-order valence-electron chi connectivity index (χ3n) is 2.94. The molecule has 0 saturated carbocycles. The van der Waals surface area contributed by atoms with E-state index in [1.807, 2.05) is 37.3 Å². The molecular weight excluding hydrogens is 252 g/mol. The van der Waals surface area contributed by atoms with Gasteiger partial charge in [-0.15, -0.1) is 0 Å². The summed E-state index contributed by atoms with van der Waals surface area (Å²) < 4.78 is 5.74. The number of nitrogens with two attached hydrogens (primary N) is 2. The van der Waals surface area contributed by atoms with Gasteiger partial charge in [-0.2, -0.15) is 0 Å². The van der Waals surface area contributed by atoms with Crippen LogP contribution in [0.15, 0.2) is 41.5 Å². The minimum atomic E-state index is 0.0680. The van der Waals surface area contributed by atoms with E-state index < -0.39 is 0 Å². The summed E-state index contributed by atoms with van der Waals surface area (Å²) in [5.74, 6) is 1.36. The maximum absolute atomic E-state index is 5.74. The zero-order chi connectivity index (χ0) is 14.5. The van der Waals surface area contributed by atoms with Crippen LogP contribution >= 0.6 is 0 Å². The predicted molar refractivity (Wildman–Crippen MR) is 79.7 cm³/mol. The van der Waals surface area contributed by atoms with Gasteiger partial charge in [-0.1, -0.05) is 6.07 Å². The largest absolute Gasteiger partial charge is 0.439 e. The molecule has 2 aromatic rings. The quantitative estimate of drug-likeness (QED) is 0.659. The van der Waals surface area contributed by atoms with Crippen molar-refractivity contribution in [2.75, 3.05) is 0 Å². The second kappa shape index (κ2) is 6.06. The summed E-state index contributed by atoms with van der Waals surface area (Å²) in [4.78, 5) is 8.14. The Bertz CT molecular complexity index is 634. The van der Waals surface area contributed by atoms with Crippen LogP contribution < -0.4 is 16.2 Å². The van der Waals surface area contributed by atoms with E-state index in [1.165, 1.54) is 11.1 Å². The Morgan fingerprint density at radius 2 is 1.95 bits per heavy atom. The van der Waals surface area contributed by atoms with Crippen LogP contribution in [0.5, 0.6) is 11.6 Å². The van der Waals surface area contributed by atoms with Crippen molar-refractivity contribution in [2.24, 2.45) is 16.5 Å². The molecule has 5 heteroatoms. The van der Waals surface area contributed by atoms with Gasteiger partial charge in [0.05, 0.1) is 6.54 Å². The van der Waals surface area contributed by atoms with Crippen molar-refractivity contribution in [3.8, 4) is 11.6 Å². The summed E-state index contributed by atoms with van der Waals surface area (Å²) in [6, 6.07) is 9.60. The van der Waals surface area contributed by atoms with E-state index in [0.29, 0.717) is 12.4 Å². The Kier molecular flexibility index (Phi) is 4.20. The number of guanidine groups is 1. The normalized spacial score (nSPS) is 10.1. The third-order valence-corrected chi connectivity index (χ3v) is 2.94. The minimum Gasteiger partial charge on any atom is -0.439 e. The van der Waals surface area contributed by atoms with E-state index in [-0.39, 0.29) is 5.96 Å². The average Bonchev–Trinajstić information content (AvgIpc) is 2.41. The number of rotatable bonds is 4. The first kappa shape index (κ1) is 13.9. The molecule has 0 atom stereocenters. The molecule has 20 heavy (non-hydrogen) atoms. The SMILES string of the molecule is Cc1ccc(Oc2cc(CN=C(N)N)ccn2)cc1C. The Balaban J connectivity index is 2.14. The van der Waals surface area contributed by atoms with Crippen molar-refractivity contribution in [1.29, 1.82) is 0 Å². The Hall–Kier alpha value is -2.56. The van der Waals surface area contributed by atoms with Gasteiger partial charge in [0, 0.05) is 12.3 Å². The number of aromatic nitrogens is 1. The number of hydrogen-bond donors (Lipinski definition) is 2. The molecule has 0 radical (unpaired) electrons. The second-order valence-electron chi connectivity index (χ2n) is 4.59. The van der Waals surface area contributed by atoms with Gasteiger partial charge in [0.2, 0.25) is 5.88 Å². The molecule has 4 N–H and O–H groups in total. The number of ether oxygens (including phenoxy) is 1. The summed E-state index contributed by atoms with van der Waals surface area (Å²) in [5, 5.41) is 0. The maximum atomic E-state index is 5.74. The van der Waals surface area contributed by atoms with Crippen LogP contribution in [-0.2, 0) is 6.54 Å². The number of aryl methyl sites for hydroxylation is 2. The van der Waals surface area contributed by atoms with Gasteiger partial charge in [0.1, 0.15) is 5.75 Å². The van der Waals surface area contributed by atoms with Gasteiger partial charge in [0.25, 0.3) is 0 Å². The van der Waals surface area contributed by atoms with E-state index in [9.17, 15) is 0 Å². The summed E-state index contributed by atoms with van der Waals surface area (Å²) in [6.07, 6.45) is 1.67. The zero-order valence-electron chi connectivity index (χ0n) is 11.6. The molecule has 2 rings (SSSR count). The summed E-state index contributed by atoms with van der Waals surface area (Å²) >= 11 is 0.